The highest BCUT2D eigenvalue weighted by Gasteiger charge is 2.24. The summed E-state index contributed by atoms with van der Waals surface area (Å²) < 4.78 is 4.79. The van der Waals surface area contributed by atoms with Crippen molar-refractivity contribution in [1.82, 2.24) is 20.4 Å². The molecule has 2 N–H and O–H groups in total. The predicted molar refractivity (Wildman–Crippen MR) is 128 cm³/mol. The molecule has 8 nitrogen and oxygen atoms in total. The number of nitrogens with zero attached hydrogens (tertiary/aromatic N) is 3. The number of likely N-dealkylation sites (N-methyl/N-ethyl adjacent to an activating group) is 1. The van der Waals surface area contributed by atoms with E-state index in [0.29, 0.717) is 25.0 Å². The van der Waals surface area contributed by atoms with Crippen molar-refractivity contribution in [1.29, 1.82) is 0 Å². The summed E-state index contributed by atoms with van der Waals surface area (Å²) >= 11 is 0. The molecule has 0 saturated carbocycles. The number of hydrogen-bond acceptors (Lipinski definition) is 4. The monoisotopic (exact) mass is 525 g/mol. The van der Waals surface area contributed by atoms with Gasteiger partial charge in [-0.1, -0.05) is 33.1 Å². The van der Waals surface area contributed by atoms with Crippen LogP contribution in [0.1, 0.15) is 52.4 Å². The molecule has 0 bridgehead atoms. The summed E-state index contributed by atoms with van der Waals surface area (Å²) in [6, 6.07) is 0.220. The number of ether oxygens (including phenoxy) is 1. The van der Waals surface area contributed by atoms with Gasteiger partial charge in [-0.25, -0.2) is 9.79 Å². The first kappa shape index (κ1) is 27.7. The predicted octanol–water partition coefficient (Wildman–Crippen LogP) is 2.68. The number of hydrogen-bond donors (Lipinski definition) is 2. The number of aliphatic imine (C=N–C) groups is 1. The molecule has 1 saturated heterocycles. The fourth-order valence-corrected chi connectivity index (χ4v) is 3.15. The molecule has 1 fully saturated rings. The normalized spacial score (nSPS) is 15.9. The summed E-state index contributed by atoms with van der Waals surface area (Å²) in [6.45, 7) is 6.70. The zero-order chi connectivity index (χ0) is 20.9. The van der Waals surface area contributed by atoms with Crippen LogP contribution in [0.3, 0.4) is 0 Å². The van der Waals surface area contributed by atoms with Crippen LogP contribution < -0.4 is 10.6 Å². The number of likely N-dealkylation sites (tertiary alicyclic amines) is 1. The van der Waals surface area contributed by atoms with Gasteiger partial charge in [-0.2, -0.15) is 0 Å². The Morgan fingerprint density at radius 1 is 1.24 bits per heavy atom. The number of methoxy groups -OCH3 is 1. The molecule has 29 heavy (non-hydrogen) atoms. The number of rotatable bonds is 9. The van der Waals surface area contributed by atoms with Crippen LogP contribution in [-0.2, 0) is 9.53 Å². The maximum Gasteiger partial charge on any atom is 0.409 e. The highest BCUT2D eigenvalue weighted by Crippen LogP contribution is 2.13. The maximum absolute atomic E-state index is 11.9. The smallest absolute Gasteiger partial charge is 0.409 e. The average molecular weight is 525 g/mol. The molecule has 1 aliphatic rings. The largest absolute Gasteiger partial charge is 0.453 e. The molecule has 0 radical (unpaired) electrons. The van der Waals surface area contributed by atoms with Crippen LogP contribution in [0, 0.1) is 5.92 Å². The second kappa shape index (κ2) is 15.6. The van der Waals surface area contributed by atoms with Crippen LogP contribution >= 0.6 is 24.0 Å². The lowest BCUT2D eigenvalue weighted by atomic mass is 9.99. The molecule has 0 aromatic rings. The Labute approximate surface area is 193 Å². The molecule has 1 rings (SSSR count). The van der Waals surface area contributed by atoms with Crippen LogP contribution in [-0.4, -0.2) is 81.2 Å². The maximum atomic E-state index is 11.9. The summed E-state index contributed by atoms with van der Waals surface area (Å²) in [7, 11) is 4.88. The summed E-state index contributed by atoms with van der Waals surface area (Å²) in [4.78, 5) is 31.3. The second-order valence-electron chi connectivity index (χ2n) is 7.63. The molecular formula is C20H40IN5O3. The van der Waals surface area contributed by atoms with Crippen molar-refractivity contribution in [2.45, 2.75) is 58.4 Å². The van der Waals surface area contributed by atoms with Crippen molar-refractivity contribution in [3.63, 3.8) is 0 Å². The molecule has 0 spiro atoms. The molecule has 9 heteroatoms. The van der Waals surface area contributed by atoms with E-state index in [-0.39, 0.29) is 48.6 Å². The van der Waals surface area contributed by atoms with Gasteiger partial charge in [-0.3, -0.25) is 4.79 Å². The van der Waals surface area contributed by atoms with Crippen molar-refractivity contribution in [3.8, 4) is 0 Å². The van der Waals surface area contributed by atoms with Gasteiger partial charge in [0.15, 0.2) is 5.96 Å². The van der Waals surface area contributed by atoms with Crippen molar-refractivity contribution in [3.05, 3.63) is 0 Å². The van der Waals surface area contributed by atoms with E-state index in [0.717, 1.165) is 25.8 Å². The summed E-state index contributed by atoms with van der Waals surface area (Å²) in [6.07, 6.45) is 6.12. The van der Waals surface area contributed by atoms with E-state index in [9.17, 15) is 9.59 Å². The summed E-state index contributed by atoms with van der Waals surface area (Å²) in [5.74, 6) is 1.25. The van der Waals surface area contributed by atoms with Gasteiger partial charge in [0, 0.05) is 39.8 Å². The van der Waals surface area contributed by atoms with E-state index in [2.05, 4.69) is 29.5 Å². The Kier molecular flexibility index (Phi) is 14.9. The first-order chi connectivity index (χ1) is 13.4. The first-order valence-corrected chi connectivity index (χ1v) is 10.5. The van der Waals surface area contributed by atoms with Gasteiger partial charge in [-0.05, 0) is 25.2 Å². The fourth-order valence-electron chi connectivity index (χ4n) is 3.15. The zero-order valence-electron chi connectivity index (χ0n) is 18.7. The minimum atomic E-state index is -0.274. The highest BCUT2D eigenvalue weighted by atomic mass is 127. The van der Waals surface area contributed by atoms with Crippen molar-refractivity contribution >= 4 is 41.9 Å². The fraction of sp³-hybridized carbons (Fsp3) is 0.850. The molecule has 2 amide bonds. The minimum absolute atomic E-state index is 0. The molecule has 170 valence electrons. The highest BCUT2D eigenvalue weighted by molar-refractivity contribution is 14.0. The van der Waals surface area contributed by atoms with Crippen LogP contribution in [0.25, 0.3) is 0 Å². The number of halogens is 1. The summed E-state index contributed by atoms with van der Waals surface area (Å²) in [5, 5.41) is 6.88. The Morgan fingerprint density at radius 3 is 2.41 bits per heavy atom. The minimum Gasteiger partial charge on any atom is -0.453 e. The Morgan fingerprint density at radius 2 is 1.90 bits per heavy atom. The average Bonchev–Trinajstić information content (AvgIpc) is 2.71. The van der Waals surface area contributed by atoms with Gasteiger partial charge >= 0.3 is 6.09 Å². The lowest BCUT2D eigenvalue weighted by molar-refractivity contribution is -0.127. The van der Waals surface area contributed by atoms with E-state index >= 15 is 0 Å². The van der Waals surface area contributed by atoms with E-state index in [4.69, 9.17) is 4.74 Å². The van der Waals surface area contributed by atoms with E-state index in [1.807, 2.05) is 0 Å². The quantitative estimate of drug-likeness (QED) is 0.275. The van der Waals surface area contributed by atoms with Gasteiger partial charge < -0.3 is 25.2 Å². The number of carbonyl (C=O) groups excluding carboxylic acids is 2. The number of nitrogens with one attached hydrogen (secondary N) is 2. The third-order valence-corrected chi connectivity index (χ3v) is 5.24. The molecule has 1 atom stereocenters. The molecule has 0 aromatic heterocycles. The molecule has 1 aliphatic heterocycles. The summed E-state index contributed by atoms with van der Waals surface area (Å²) in [5.41, 5.74) is 0. The van der Waals surface area contributed by atoms with Crippen LogP contribution in [0.4, 0.5) is 4.79 Å². The van der Waals surface area contributed by atoms with Crippen molar-refractivity contribution < 1.29 is 14.3 Å². The number of carbonyl (C=O) groups is 2. The van der Waals surface area contributed by atoms with Gasteiger partial charge in [0.05, 0.1) is 7.11 Å². The van der Waals surface area contributed by atoms with Crippen LogP contribution in [0.2, 0.25) is 0 Å². The standard InChI is InChI=1S/C20H39N5O3.HI/c1-6-8-9-16(7-2)14-21-19(22-15-18(26)24(3)4)23-17-10-12-25(13-11-17)20(27)28-5;/h16-17H,6-15H2,1-5H3,(H2,21,22,23);1H. The number of unbranched alkanes of at least 4 members (excludes halogenated alkanes) is 1. The Balaban J connectivity index is 0.00000784. The van der Waals surface area contributed by atoms with E-state index in [1.165, 1.54) is 26.4 Å². The SMILES string of the molecule is CCCCC(CC)CNC(=NCC(=O)N(C)C)NC1CCN(C(=O)OC)CC1.I. The van der Waals surface area contributed by atoms with E-state index in [1.54, 1.807) is 23.9 Å². The third-order valence-electron chi connectivity index (χ3n) is 5.24. The number of amides is 2. The van der Waals surface area contributed by atoms with Gasteiger partial charge in [0.1, 0.15) is 6.54 Å². The van der Waals surface area contributed by atoms with Gasteiger partial charge in [-0.15, -0.1) is 24.0 Å². The number of piperidine rings is 1. The lowest BCUT2D eigenvalue weighted by Gasteiger charge is -2.32. The topological polar surface area (TPSA) is 86.3 Å². The van der Waals surface area contributed by atoms with E-state index < -0.39 is 0 Å². The van der Waals surface area contributed by atoms with Crippen molar-refractivity contribution in [2.75, 3.05) is 47.4 Å². The van der Waals surface area contributed by atoms with Crippen LogP contribution in [0.5, 0.6) is 0 Å². The first-order valence-electron chi connectivity index (χ1n) is 10.5. The van der Waals surface area contributed by atoms with Crippen LogP contribution in [0.15, 0.2) is 4.99 Å². The van der Waals surface area contributed by atoms with Gasteiger partial charge in [0.25, 0.3) is 0 Å². The Bertz CT molecular complexity index is 508. The molecule has 0 aliphatic carbocycles. The number of guanidine groups is 1. The molecule has 0 aromatic carbocycles. The molecule has 1 heterocycles. The van der Waals surface area contributed by atoms with Gasteiger partial charge in [0.2, 0.25) is 5.91 Å². The molecular weight excluding hydrogens is 485 g/mol. The zero-order valence-corrected chi connectivity index (χ0v) is 21.0. The molecule has 1 unspecified atom stereocenters. The van der Waals surface area contributed by atoms with Crippen molar-refractivity contribution in [2.24, 2.45) is 10.9 Å². The lowest BCUT2D eigenvalue weighted by Crippen LogP contribution is -2.50. The Hall–Kier alpha value is -1.26. The third kappa shape index (κ3) is 10.9. The second-order valence-corrected chi connectivity index (χ2v) is 7.63.